The number of allylic oxidation sites excluding steroid dienone is 4. The maximum Gasteiger partial charge on any atom is 0.0626 e. The van der Waals surface area contributed by atoms with Crippen LogP contribution in [-0.2, 0) is 0 Å². The van der Waals surface area contributed by atoms with Crippen molar-refractivity contribution in [3.8, 4) is 0 Å². The summed E-state index contributed by atoms with van der Waals surface area (Å²) in [6.45, 7) is 6.32. The third-order valence-electron chi connectivity index (χ3n) is 7.67. The molecule has 0 aromatic heterocycles. The summed E-state index contributed by atoms with van der Waals surface area (Å²) >= 11 is 0. The van der Waals surface area contributed by atoms with Gasteiger partial charge in [0.1, 0.15) is 0 Å². The molecule has 3 rings (SSSR count). The molecule has 0 saturated heterocycles. The summed E-state index contributed by atoms with van der Waals surface area (Å²) in [6, 6.07) is 0. The van der Waals surface area contributed by atoms with E-state index in [2.05, 4.69) is 31.2 Å². The molecule has 0 bridgehead atoms. The number of hydrogen-bond donors (Lipinski definition) is 2. The van der Waals surface area contributed by atoms with Crippen molar-refractivity contribution in [3.05, 3.63) is 35.5 Å². The second kappa shape index (κ2) is 9.30. The molecule has 0 aromatic rings. The highest BCUT2D eigenvalue weighted by atomic mass is 16.3. The molecule has 0 amide bonds. The summed E-state index contributed by atoms with van der Waals surface area (Å²) in [6.07, 6.45) is 23.2. The van der Waals surface area contributed by atoms with Gasteiger partial charge in [-0.25, -0.2) is 0 Å². The summed E-state index contributed by atoms with van der Waals surface area (Å²) in [4.78, 5) is 0. The second-order valence-corrected chi connectivity index (χ2v) is 10.6. The fraction of sp³-hybridized carbons (Fsp3) is 0.769. The SMILES string of the molecule is CC(C)(O)C/C=C/CC1CCCC2/C(=C/C=C3/CCCC(O)C3)CCCC12C. The fourth-order valence-electron chi connectivity index (χ4n) is 6.01. The molecule has 0 heterocycles. The molecule has 0 aromatic carbocycles. The molecule has 3 aliphatic rings. The average Bonchev–Trinajstić information content (AvgIpc) is 2.62. The first-order valence-electron chi connectivity index (χ1n) is 11.7. The molecule has 3 saturated carbocycles. The molecular formula is C26H42O2. The third kappa shape index (κ3) is 5.60. The molecule has 3 fully saturated rings. The zero-order valence-electron chi connectivity index (χ0n) is 18.4. The van der Waals surface area contributed by atoms with E-state index in [1.165, 1.54) is 44.1 Å². The van der Waals surface area contributed by atoms with Crippen molar-refractivity contribution in [1.29, 1.82) is 0 Å². The van der Waals surface area contributed by atoms with Crippen molar-refractivity contribution in [2.45, 2.75) is 110 Å². The lowest BCUT2D eigenvalue weighted by Gasteiger charge is -2.51. The lowest BCUT2D eigenvalue weighted by molar-refractivity contribution is 0.0336. The highest BCUT2D eigenvalue weighted by Gasteiger charge is 2.46. The fourth-order valence-corrected chi connectivity index (χ4v) is 6.01. The largest absolute Gasteiger partial charge is 0.393 e. The van der Waals surface area contributed by atoms with E-state index in [9.17, 15) is 10.2 Å². The van der Waals surface area contributed by atoms with Gasteiger partial charge in [0.15, 0.2) is 0 Å². The van der Waals surface area contributed by atoms with Crippen LogP contribution in [0, 0.1) is 17.3 Å². The van der Waals surface area contributed by atoms with Gasteiger partial charge >= 0.3 is 0 Å². The first kappa shape index (κ1) is 21.8. The first-order valence-corrected chi connectivity index (χ1v) is 11.7. The van der Waals surface area contributed by atoms with Gasteiger partial charge in [0.05, 0.1) is 11.7 Å². The molecule has 2 nitrogen and oxygen atoms in total. The molecule has 4 atom stereocenters. The quantitative estimate of drug-likeness (QED) is 0.530. The monoisotopic (exact) mass is 386 g/mol. The van der Waals surface area contributed by atoms with Crippen molar-refractivity contribution in [1.82, 2.24) is 0 Å². The van der Waals surface area contributed by atoms with Crippen LogP contribution in [0.25, 0.3) is 0 Å². The van der Waals surface area contributed by atoms with Crippen LogP contribution in [0.1, 0.15) is 97.8 Å². The van der Waals surface area contributed by atoms with Crippen molar-refractivity contribution in [2.75, 3.05) is 0 Å². The van der Waals surface area contributed by atoms with Gasteiger partial charge in [-0.05, 0) is 102 Å². The van der Waals surface area contributed by atoms with Crippen LogP contribution < -0.4 is 0 Å². The Morgan fingerprint density at radius 2 is 1.86 bits per heavy atom. The molecule has 2 N–H and O–H groups in total. The molecule has 0 spiro atoms. The van der Waals surface area contributed by atoms with Gasteiger partial charge in [0.25, 0.3) is 0 Å². The highest BCUT2D eigenvalue weighted by molar-refractivity contribution is 5.25. The van der Waals surface area contributed by atoms with E-state index in [-0.39, 0.29) is 6.10 Å². The van der Waals surface area contributed by atoms with Crippen LogP contribution in [0.3, 0.4) is 0 Å². The van der Waals surface area contributed by atoms with Crippen LogP contribution in [0.5, 0.6) is 0 Å². The van der Waals surface area contributed by atoms with E-state index in [0.29, 0.717) is 5.41 Å². The zero-order valence-corrected chi connectivity index (χ0v) is 18.4. The van der Waals surface area contributed by atoms with Crippen molar-refractivity contribution < 1.29 is 10.2 Å². The summed E-state index contributed by atoms with van der Waals surface area (Å²) in [5, 5.41) is 19.9. The average molecular weight is 387 g/mol. The minimum Gasteiger partial charge on any atom is -0.393 e. The van der Waals surface area contributed by atoms with Crippen LogP contribution in [0.4, 0.5) is 0 Å². The highest BCUT2D eigenvalue weighted by Crippen LogP contribution is 2.56. The van der Waals surface area contributed by atoms with Gasteiger partial charge in [-0.15, -0.1) is 0 Å². The van der Waals surface area contributed by atoms with Crippen LogP contribution in [0.2, 0.25) is 0 Å². The Labute approximate surface area is 172 Å². The van der Waals surface area contributed by atoms with Gasteiger partial charge in [-0.2, -0.15) is 0 Å². The Hall–Kier alpha value is -0.860. The third-order valence-corrected chi connectivity index (χ3v) is 7.67. The van der Waals surface area contributed by atoms with E-state index in [1.807, 2.05) is 13.8 Å². The van der Waals surface area contributed by atoms with E-state index in [1.54, 1.807) is 5.57 Å². The maximum atomic E-state index is 9.95. The van der Waals surface area contributed by atoms with E-state index < -0.39 is 5.60 Å². The smallest absolute Gasteiger partial charge is 0.0626 e. The van der Waals surface area contributed by atoms with Crippen LogP contribution >= 0.6 is 0 Å². The topological polar surface area (TPSA) is 40.5 Å². The van der Waals surface area contributed by atoms with Crippen molar-refractivity contribution >= 4 is 0 Å². The van der Waals surface area contributed by atoms with Gasteiger partial charge in [-0.3, -0.25) is 0 Å². The Kier molecular flexibility index (Phi) is 7.26. The standard InChI is InChI=1S/C26H42O2/c1-25(2,28)17-5-4-11-22-12-7-14-24-21(10-8-18-26(22,24)3)16-15-20-9-6-13-23(27)19-20/h4-5,15-16,22-24,27-28H,6-14,17-19H2,1-3H3/b5-4+,20-15-,21-16+. The molecule has 158 valence electrons. The predicted molar refractivity (Wildman–Crippen MR) is 118 cm³/mol. The lowest BCUT2D eigenvalue weighted by atomic mass is 9.53. The summed E-state index contributed by atoms with van der Waals surface area (Å²) in [5.41, 5.74) is 2.94. The Bertz CT molecular complexity index is 606. The minimum atomic E-state index is -0.601. The first-order chi connectivity index (χ1) is 13.3. The van der Waals surface area contributed by atoms with Gasteiger partial charge in [-0.1, -0.05) is 48.8 Å². The van der Waals surface area contributed by atoms with Crippen molar-refractivity contribution in [3.63, 3.8) is 0 Å². The van der Waals surface area contributed by atoms with Gasteiger partial charge in [0.2, 0.25) is 0 Å². The molecule has 0 aliphatic heterocycles. The summed E-state index contributed by atoms with van der Waals surface area (Å²) < 4.78 is 0. The van der Waals surface area contributed by atoms with E-state index >= 15 is 0 Å². The number of aliphatic hydroxyl groups excluding tert-OH is 1. The maximum absolute atomic E-state index is 9.95. The van der Waals surface area contributed by atoms with E-state index in [4.69, 9.17) is 0 Å². The number of hydrogen-bond acceptors (Lipinski definition) is 2. The normalized spacial score (nSPS) is 37.5. The number of fused-ring (bicyclic) bond motifs is 1. The van der Waals surface area contributed by atoms with Crippen LogP contribution in [-0.4, -0.2) is 21.9 Å². The van der Waals surface area contributed by atoms with Gasteiger partial charge < -0.3 is 10.2 Å². The zero-order chi connectivity index (χ0) is 20.2. The van der Waals surface area contributed by atoms with Crippen molar-refractivity contribution in [2.24, 2.45) is 17.3 Å². The van der Waals surface area contributed by atoms with E-state index in [0.717, 1.165) is 50.4 Å². The minimum absolute atomic E-state index is 0.121. The predicted octanol–water partition coefficient (Wildman–Crippen LogP) is 6.49. The second-order valence-electron chi connectivity index (χ2n) is 10.6. The Morgan fingerprint density at radius 1 is 1.04 bits per heavy atom. The molecule has 2 heteroatoms. The molecular weight excluding hydrogens is 344 g/mol. The lowest BCUT2D eigenvalue weighted by Crippen LogP contribution is -2.42. The Balaban J connectivity index is 1.69. The Morgan fingerprint density at radius 3 is 2.61 bits per heavy atom. The molecule has 4 unspecified atom stereocenters. The number of rotatable bonds is 5. The van der Waals surface area contributed by atoms with Gasteiger partial charge in [0, 0.05) is 0 Å². The van der Waals surface area contributed by atoms with Crippen LogP contribution in [0.15, 0.2) is 35.5 Å². The summed E-state index contributed by atoms with van der Waals surface area (Å²) in [5.74, 6) is 1.49. The molecule has 28 heavy (non-hydrogen) atoms. The molecule has 0 radical (unpaired) electrons. The summed E-state index contributed by atoms with van der Waals surface area (Å²) in [7, 11) is 0. The number of aliphatic hydroxyl groups is 2. The molecule has 3 aliphatic carbocycles.